The van der Waals surface area contributed by atoms with Gasteiger partial charge in [0.1, 0.15) is 11.6 Å². The van der Waals surface area contributed by atoms with Crippen LogP contribution in [0.25, 0.3) is 10.9 Å². The van der Waals surface area contributed by atoms with Crippen molar-refractivity contribution in [2.24, 2.45) is 0 Å². The summed E-state index contributed by atoms with van der Waals surface area (Å²) >= 11 is 1.76. The lowest BCUT2D eigenvalue weighted by Crippen LogP contribution is -2.09. The standard InChI is InChI=1S/C18H20N4OS/c1-11-6-12-7-17(18(23)13(9-19)10-22(2)3)20-16(12)8-15(11)21-24-14-4-5-14/h6-8,10,14,20-21H,4-5H2,1-3H3/b13-10+. The Morgan fingerprint density at radius 2 is 2.17 bits per heavy atom. The number of allylic oxidation sites excluding steroid dienone is 1. The number of nitrogens with one attached hydrogen (secondary N) is 2. The van der Waals surface area contributed by atoms with Crippen LogP contribution in [-0.2, 0) is 0 Å². The van der Waals surface area contributed by atoms with Gasteiger partial charge < -0.3 is 14.6 Å². The largest absolute Gasteiger partial charge is 0.382 e. The SMILES string of the molecule is Cc1cc2cc(C(=O)/C(C#N)=C/N(C)C)[nH]c2cc1NSC1CC1. The number of hydrogen-bond donors (Lipinski definition) is 2. The Morgan fingerprint density at radius 1 is 1.42 bits per heavy atom. The Labute approximate surface area is 145 Å². The van der Waals surface area contributed by atoms with Crippen LogP contribution in [0.2, 0.25) is 0 Å². The zero-order chi connectivity index (χ0) is 17.3. The molecule has 124 valence electrons. The molecule has 24 heavy (non-hydrogen) atoms. The van der Waals surface area contributed by atoms with Gasteiger partial charge in [-0.2, -0.15) is 5.26 Å². The van der Waals surface area contributed by atoms with Crippen LogP contribution in [-0.4, -0.2) is 35.0 Å². The summed E-state index contributed by atoms with van der Waals surface area (Å²) in [4.78, 5) is 17.3. The van der Waals surface area contributed by atoms with Crippen molar-refractivity contribution in [3.63, 3.8) is 0 Å². The molecule has 0 saturated heterocycles. The first kappa shape index (κ1) is 16.5. The molecule has 1 aromatic heterocycles. The number of nitrogens with zero attached hydrogens (tertiary/aromatic N) is 2. The molecule has 0 spiro atoms. The number of aromatic amines is 1. The Morgan fingerprint density at radius 3 is 2.79 bits per heavy atom. The maximum atomic E-state index is 12.5. The molecular weight excluding hydrogens is 320 g/mol. The number of nitriles is 1. The number of benzene rings is 1. The van der Waals surface area contributed by atoms with Gasteiger partial charge >= 0.3 is 0 Å². The molecule has 1 saturated carbocycles. The minimum Gasteiger partial charge on any atom is -0.382 e. The molecule has 0 aliphatic heterocycles. The molecule has 2 aromatic rings. The molecule has 1 aromatic carbocycles. The Balaban J connectivity index is 1.90. The van der Waals surface area contributed by atoms with E-state index in [4.69, 9.17) is 0 Å². The topological polar surface area (TPSA) is 71.9 Å². The molecule has 0 radical (unpaired) electrons. The number of hydrogen-bond acceptors (Lipinski definition) is 5. The predicted octanol–water partition coefficient (Wildman–Crippen LogP) is 3.85. The first-order valence-corrected chi connectivity index (χ1v) is 8.74. The van der Waals surface area contributed by atoms with Gasteiger partial charge in [0.05, 0.1) is 5.69 Å². The number of ketones is 1. The lowest BCUT2D eigenvalue weighted by Gasteiger charge is -2.08. The van der Waals surface area contributed by atoms with Gasteiger partial charge in [-0.3, -0.25) is 4.79 Å². The van der Waals surface area contributed by atoms with Crippen LogP contribution in [0.3, 0.4) is 0 Å². The monoisotopic (exact) mass is 340 g/mol. The van der Waals surface area contributed by atoms with Crippen LogP contribution >= 0.6 is 11.9 Å². The number of H-pyrrole nitrogens is 1. The summed E-state index contributed by atoms with van der Waals surface area (Å²) in [6.45, 7) is 2.05. The van der Waals surface area contributed by atoms with E-state index in [0.29, 0.717) is 5.69 Å². The zero-order valence-corrected chi connectivity index (χ0v) is 14.8. The van der Waals surface area contributed by atoms with E-state index in [1.807, 2.05) is 18.2 Å². The lowest BCUT2D eigenvalue weighted by molar-refractivity contribution is 0.103. The van der Waals surface area contributed by atoms with E-state index in [9.17, 15) is 10.1 Å². The molecule has 0 bridgehead atoms. The smallest absolute Gasteiger partial charge is 0.221 e. The number of carbonyl (C=O) groups is 1. The minimum absolute atomic E-state index is 0.117. The second-order valence-corrected chi connectivity index (χ2v) is 7.41. The van der Waals surface area contributed by atoms with E-state index >= 15 is 0 Å². The fourth-order valence-corrected chi connectivity index (χ4v) is 3.29. The molecule has 0 amide bonds. The summed E-state index contributed by atoms with van der Waals surface area (Å²) in [5, 5.41) is 10.9. The maximum Gasteiger partial charge on any atom is 0.221 e. The first-order valence-electron chi connectivity index (χ1n) is 7.86. The van der Waals surface area contributed by atoms with Crippen LogP contribution in [0.4, 0.5) is 5.69 Å². The van der Waals surface area contributed by atoms with Gasteiger partial charge in [0, 0.05) is 42.1 Å². The molecule has 1 aliphatic carbocycles. The fraction of sp³-hybridized carbons (Fsp3) is 0.333. The fourth-order valence-electron chi connectivity index (χ4n) is 2.40. The van der Waals surface area contributed by atoms with Crippen molar-refractivity contribution in [1.82, 2.24) is 9.88 Å². The first-order chi connectivity index (χ1) is 11.5. The highest BCUT2D eigenvalue weighted by atomic mass is 32.2. The third-order valence-corrected chi connectivity index (χ3v) is 4.97. The number of carbonyl (C=O) groups excluding carboxylic acids is 1. The van der Waals surface area contributed by atoms with Crippen molar-refractivity contribution in [3.05, 3.63) is 41.2 Å². The van der Waals surface area contributed by atoms with Crippen LogP contribution < -0.4 is 4.72 Å². The van der Waals surface area contributed by atoms with Crippen molar-refractivity contribution in [2.75, 3.05) is 18.8 Å². The molecule has 2 N–H and O–H groups in total. The number of aryl methyl sites for hydroxylation is 1. The van der Waals surface area contributed by atoms with Crippen LogP contribution in [0.1, 0.15) is 28.9 Å². The zero-order valence-electron chi connectivity index (χ0n) is 14.0. The summed E-state index contributed by atoms with van der Waals surface area (Å²) in [6.07, 6.45) is 4.09. The van der Waals surface area contributed by atoms with Gasteiger partial charge in [0.15, 0.2) is 0 Å². The highest BCUT2D eigenvalue weighted by Crippen LogP contribution is 2.36. The van der Waals surface area contributed by atoms with Gasteiger partial charge in [0.25, 0.3) is 0 Å². The Bertz CT molecular complexity index is 856. The summed E-state index contributed by atoms with van der Waals surface area (Å²) in [5.74, 6) is -0.290. The summed E-state index contributed by atoms with van der Waals surface area (Å²) in [6, 6.07) is 7.86. The molecule has 1 aliphatic rings. The van der Waals surface area contributed by atoms with Gasteiger partial charge in [-0.15, -0.1) is 0 Å². The van der Waals surface area contributed by atoms with Crippen LogP contribution in [0, 0.1) is 18.3 Å². The maximum absolute atomic E-state index is 12.5. The molecule has 5 nitrogen and oxygen atoms in total. The number of Topliss-reactive ketones (excluding diaryl/α,β-unsaturated/α-hetero) is 1. The Kier molecular flexibility index (Phi) is 4.54. The summed E-state index contributed by atoms with van der Waals surface area (Å²) in [5.41, 5.74) is 3.64. The van der Waals surface area contributed by atoms with Gasteiger partial charge in [0.2, 0.25) is 5.78 Å². The molecule has 1 heterocycles. The van der Waals surface area contributed by atoms with Crippen LogP contribution in [0.5, 0.6) is 0 Å². The van der Waals surface area contributed by atoms with Crippen molar-refractivity contribution in [2.45, 2.75) is 25.0 Å². The number of aromatic nitrogens is 1. The average molecular weight is 340 g/mol. The second-order valence-electron chi connectivity index (χ2n) is 6.30. The highest BCUT2D eigenvalue weighted by molar-refractivity contribution is 8.01. The predicted molar refractivity (Wildman–Crippen MR) is 99.0 cm³/mol. The van der Waals surface area contributed by atoms with Crippen LogP contribution in [0.15, 0.2) is 30.0 Å². The van der Waals surface area contributed by atoms with E-state index in [2.05, 4.69) is 22.7 Å². The van der Waals surface area contributed by atoms with E-state index in [0.717, 1.165) is 27.4 Å². The highest BCUT2D eigenvalue weighted by Gasteiger charge is 2.22. The molecule has 3 rings (SSSR count). The molecule has 1 fully saturated rings. The Hall–Kier alpha value is -2.39. The van der Waals surface area contributed by atoms with E-state index in [1.165, 1.54) is 12.8 Å². The average Bonchev–Trinajstić information content (AvgIpc) is 3.28. The van der Waals surface area contributed by atoms with E-state index in [-0.39, 0.29) is 11.4 Å². The molecular formula is C18H20N4OS. The third kappa shape index (κ3) is 3.57. The van der Waals surface area contributed by atoms with Crippen molar-refractivity contribution < 1.29 is 4.79 Å². The van der Waals surface area contributed by atoms with Gasteiger partial charge in [-0.1, -0.05) is 0 Å². The normalized spacial score (nSPS) is 14.5. The number of fused-ring (bicyclic) bond motifs is 1. The molecule has 6 heteroatoms. The summed E-state index contributed by atoms with van der Waals surface area (Å²) < 4.78 is 3.41. The second kappa shape index (κ2) is 6.62. The van der Waals surface area contributed by atoms with E-state index in [1.54, 1.807) is 37.1 Å². The molecule has 0 atom stereocenters. The van der Waals surface area contributed by atoms with Crippen molar-refractivity contribution in [1.29, 1.82) is 5.26 Å². The lowest BCUT2D eigenvalue weighted by atomic mass is 10.1. The van der Waals surface area contributed by atoms with Gasteiger partial charge in [-0.05, 0) is 55.5 Å². The third-order valence-electron chi connectivity index (χ3n) is 3.82. The summed E-state index contributed by atoms with van der Waals surface area (Å²) in [7, 11) is 3.57. The van der Waals surface area contributed by atoms with E-state index < -0.39 is 0 Å². The quantitative estimate of drug-likeness (QED) is 0.362. The minimum atomic E-state index is -0.290. The number of anilines is 1. The van der Waals surface area contributed by atoms with Crippen molar-refractivity contribution in [3.8, 4) is 6.07 Å². The molecule has 0 unspecified atom stereocenters. The van der Waals surface area contributed by atoms with Crippen molar-refractivity contribution >= 4 is 34.3 Å². The number of rotatable bonds is 6. The van der Waals surface area contributed by atoms with Gasteiger partial charge in [-0.25, -0.2) is 0 Å².